The number of hydrogen-bond acceptors (Lipinski definition) is 2. The fraction of sp³-hybridized carbons (Fsp3) is 0.828. The smallest absolute Gasteiger partial charge is 0.303 e. The molecular weight excluding hydrogens is 396 g/mol. The number of carboxylic acid groups (broad SMARTS) is 1. The first-order valence-corrected chi connectivity index (χ1v) is 13.9. The highest BCUT2D eigenvalue weighted by atomic mass is 16.4. The Labute approximate surface area is 199 Å². The van der Waals surface area contributed by atoms with Crippen molar-refractivity contribution >= 4 is 5.97 Å². The fourth-order valence-corrected chi connectivity index (χ4v) is 4.05. The van der Waals surface area contributed by atoms with Gasteiger partial charge in [-0.05, 0) is 38.5 Å². The third-order valence-electron chi connectivity index (χ3n) is 6.17. The van der Waals surface area contributed by atoms with Gasteiger partial charge in [-0.25, -0.2) is 0 Å². The summed E-state index contributed by atoms with van der Waals surface area (Å²) in [6.45, 7) is 2.27. The van der Waals surface area contributed by atoms with E-state index in [9.17, 15) is 9.90 Å². The van der Waals surface area contributed by atoms with E-state index in [0.717, 1.165) is 44.9 Å². The lowest BCUT2D eigenvalue weighted by atomic mass is 10.0. The van der Waals surface area contributed by atoms with Crippen molar-refractivity contribution in [1.82, 2.24) is 0 Å². The molecule has 0 fully saturated rings. The maximum absolute atomic E-state index is 10.4. The lowest BCUT2D eigenvalue weighted by Crippen LogP contribution is -2.04. The zero-order valence-electron chi connectivity index (χ0n) is 21.2. The molecule has 0 rings (SSSR count). The van der Waals surface area contributed by atoms with E-state index in [-0.39, 0.29) is 6.10 Å². The van der Waals surface area contributed by atoms with Gasteiger partial charge < -0.3 is 10.2 Å². The molecule has 0 aliphatic rings. The summed E-state index contributed by atoms with van der Waals surface area (Å²) in [7, 11) is 0. The molecule has 188 valence electrons. The molecule has 0 radical (unpaired) electrons. The number of hydrogen-bond donors (Lipinski definition) is 2. The summed E-state index contributed by atoms with van der Waals surface area (Å²) in [4.78, 5) is 10.4. The Kier molecular flexibility index (Phi) is 25.3. The monoisotopic (exact) mass is 450 g/mol. The normalized spacial score (nSPS) is 12.8. The molecule has 32 heavy (non-hydrogen) atoms. The van der Waals surface area contributed by atoms with Gasteiger partial charge in [-0.1, -0.05) is 128 Å². The van der Waals surface area contributed by atoms with Crippen LogP contribution in [0.1, 0.15) is 148 Å². The van der Waals surface area contributed by atoms with Crippen LogP contribution in [0, 0.1) is 0 Å². The van der Waals surface area contributed by atoms with E-state index in [4.69, 9.17) is 5.11 Å². The molecule has 3 heteroatoms. The van der Waals surface area contributed by atoms with Gasteiger partial charge in [0, 0.05) is 6.42 Å². The van der Waals surface area contributed by atoms with Gasteiger partial charge in [0.25, 0.3) is 0 Å². The van der Waals surface area contributed by atoms with E-state index in [1.54, 1.807) is 0 Å². The quantitative estimate of drug-likeness (QED) is 0.108. The minimum atomic E-state index is -0.681. The van der Waals surface area contributed by atoms with Crippen molar-refractivity contribution in [3.05, 3.63) is 24.3 Å². The minimum absolute atomic E-state index is 0.201. The average molecular weight is 451 g/mol. The molecule has 0 aliphatic carbocycles. The maximum atomic E-state index is 10.4. The Hall–Kier alpha value is -1.09. The van der Waals surface area contributed by atoms with Crippen molar-refractivity contribution in [1.29, 1.82) is 0 Å². The summed E-state index contributed by atoms with van der Waals surface area (Å²) in [5, 5.41) is 18.7. The van der Waals surface area contributed by atoms with E-state index in [1.807, 2.05) is 0 Å². The molecule has 0 aromatic rings. The highest BCUT2D eigenvalue weighted by Gasteiger charge is 2.01. The van der Waals surface area contributed by atoms with Crippen LogP contribution < -0.4 is 0 Å². The van der Waals surface area contributed by atoms with Crippen molar-refractivity contribution in [2.75, 3.05) is 0 Å². The lowest BCUT2D eigenvalue weighted by Gasteiger charge is -2.07. The van der Waals surface area contributed by atoms with Gasteiger partial charge in [-0.3, -0.25) is 4.79 Å². The SMILES string of the molecule is CCCCCCCCCCCC=CCC=CCC(O)CCCCCCCCCCC(=O)O. The van der Waals surface area contributed by atoms with Crippen LogP contribution in [0.4, 0.5) is 0 Å². The van der Waals surface area contributed by atoms with E-state index in [0.29, 0.717) is 6.42 Å². The fourth-order valence-electron chi connectivity index (χ4n) is 4.05. The molecule has 0 aliphatic heterocycles. The molecule has 0 bridgehead atoms. The maximum Gasteiger partial charge on any atom is 0.303 e. The third kappa shape index (κ3) is 26.9. The molecule has 0 spiro atoms. The van der Waals surface area contributed by atoms with Crippen LogP contribution in [0.2, 0.25) is 0 Å². The number of allylic oxidation sites excluding steroid dienone is 3. The topological polar surface area (TPSA) is 57.5 Å². The Balaban J connectivity index is 3.32. The van der Waals surface area contributed by atoms with Gasteiger partial charge in [0.2, 0.25) is 0 Å². The molecule has 0 aromatic carbocycles. The molecule has 1 unspecified atom stereocenters. The van der Waals surface area contributed by atoms with E-state index >= 15 is 0 Å². The molecule has 2 N–H and O–H groups in total. The zero-order chi connectivity index (χ0) is 23.5. The Morgan fingerprint density at radius 1 is 0.656 bits per heavy atom. The summed E-state index contributed by atoms with van der Waals surface area (Å²) in [6, 6.07) is 0. The van der Waals surface area contributed by atoms with Crippen molar-refractivity contribution in [2.24, 2.45) is 0 Å². The Morgan fingerprint density at radius 2 is 1.16 bits per heavy atom. The van der Waals surface area contributed by atoms with E-state index in [2.05, 4.69) is 31.2 Å². The van der Waals surface area contributed by atoms with Gasteiger partial charge in [-0.15, -0.1) is 0 Å². The Morgan fingerprint density at radius 3 is 1.75 bits per heavy atom. The number of carbonyl (C=O) groups is 1. The first kappa shape index (κ1) is 30.9. The van der Waals surface area contributed by atoms with Crippen molar-refractivity contribution in [2.45, 2.75) is 154 Å². The number of aliphatic hydroxyl groups is 1. The third-order valence-corrected chi connectivity index (χ3v) is 6.17. The minimum Gasteiger partial charge on any atom is -0.481 e. The molecule has 0 amide bonds. The second-order valence-corrected chi connectivity index (χ2v) is 9.45. The highest BCUT2D eigenvalue weighted by Crippen LogP contribution is 2.13. The predicted octanol–water partition coefficient (Wildman–Crippen LogP) is 9.15. The number of carboxylic acids is 1. The average Bonchev–Trinajstić information content (AvgIpc) is 2.77. The summed E-state index contributed by atoms with van der Waals surface area (Å²) in [5.41, 5.74) is 0. The summed E-state index contributed by atoms with van der Waals surface area (Å²) in [6.07, 6.45) is 34.3. The number of rotatable bonds is 25. The predicted molar refractivity (Wildman–Crippen MR) is 139 cm³/mol. The zero-order valence-corrected chi connectivity index (χ0v) is 21.2. The van der Waals surface area contributed by atoms with Crippen LogP contribution in [0.15, 0.2) is 24.3 Å². The summed E-state index contributed by atoms with van der Waals surface area (Å²) in [5.74, 6) is -0.681. The number of aliphatic carboxylic acids is 1. The Bertz CT molecular complexity index is 442. The second-order valence-electron chi connectivity index (χ2n) is 9.45. The largest absolute Gasteiger partial charge is 0.481 e. The molecular formula is C29H54O3. The van der Waals surface area contributed by atoms with Gasteiger partial charge >= 0.3 is 5.97 Å². The van der Waals surface area contributed by atoms with Gasteiger partial charge in [0.15, 0.2) is 0 Å². The van der Waals surface area contributed by atoms with Crippen LogP contribution in [0.25, 0.3) is 0 Å². The molecule has 0 heterocycles. The van der Waals surface area contributed by atoms with Crippen molar-refractivity contribution < 1.29 is 15.0 Å². The van der Waals surface area contributed by atoms with Crippen LogP contribution in [-0.2, 0) is 4.79 Å². The van der Waals surface area contributed by atoms with E-state index in [1.165, 1.54) is 89.9 Å². The van der Waals surface area contributed by atoms with E-state index < -0.39 is 5.97 Å². The standard InChI is InChI=1S/C29H54O3/c1-2-3-4-5-6-7-8-9-10-11-12-13-16-19-22-25-28(30)26-23-20-17-14-15-18-21-24-27-29(31)32/h12-13,19,22,28,30H,2-11,14-18,20-21,23-27H2,1H3,(H,31,32). The summed E-state index contributed by atoms with van der Waals surface area (Å²) < 4.78 is 0. The second kappa shape index (κ2) is 26.2. The number of unbranched alkanes of at least 4 members (excludes halogenated alkanes) is 16. The molecule has 0 aromatic heterocycles. The van der Waals surface area contributed by atoms with Gasteiger partial charge in [0.1, 0.15) is 0 Å². The highest BCUT2D eigenvalue weighted by molar-refractivity contribution is 5.66. The van der Waals surface area contributed by atoms with Crippen LogP contribution in [0.5, 0.6) is 0 Å². The molecule has 0 saturated heterocycles. The molecule has 3 nitrogen and oxygen atoms in total. The molecule has 1 atom stereocenters. The van der Waals surface area contributed by atoms with Crippen LogP contribution >= 0.6 is 0 Å². The lowest BCUT2D eigenvalue weighted by molar-refractivity contribution is -0.137. The molecule has 0 saturated carbocycles. The number of aliphatic hydroxyl groups excluding tert-OH is 1. The van der Waals surface area contributed by atoms with Gasteiger partial charge in [0.05, 0.1) is 6.10 Å². The van der Waals surface area contributed by atoms with Gasteiger partial charge in [-0.2, -0.15) is 0 Å². The first-order valence-electron chi connectivity index (χ1n) is 13.9. The summed E-state index contributed by atoms with van der Waals surface area (Å²) >= 11 is 0. The van der Waals surface area contributed by atoms with Crippen LogP contribution in [0.3, 0.4) is 0 Å². The van der Waals surface area contributed by atoms with Crippen LogP contribution in [-0.4, -0.2) is 22.3 Å². The van der Waals surface area contributed by atoms with Crippen molar-refractivity contribution in [3.63, 3.8) is 0 Å². The first-order chi connectivity index (χ1) is 15.7. The van der Waals surface area contributed by atoms with Crippen molar-refractivity contribution in [3.8, 4) is 0 Å².